The number of phenols is 1. The van der Waals surface area contributed by atoms with Crippen molar-refractivity contribution in [3.8, 4) is 5.75 Å². The molecule has 2 aromatic carbocycles. The number of anilines is 3. The Kier molecular flexibility index (Phi) is 4.34. The van der Waals surface area contributed by atoms with Crippen molar-refractivity contribution in [2.24, 2.45) is 0 Å². The molecule has 0 amide bonds. The lowest BCUT2D eigenvalue weighted by Gasteiger charge is -2.28. The number of nitrogen functional groups attached to an aromatic ring is 1. The minimum absolute atomic E-state index is 0.149. The topological polar surface area (TPSA) is 58.3 Å². The van der Waals surface area contributed by atoms with Gasteiger partial charge in [-0.05, 0) is 35.1 Å². The first-order chi connectivity index (χ1) is 10.5. The summed E-state index contributed by atoms with van der Waals surface area (Å²) in [6.45, 7) is 12.6. The smallest absolute Gasteiger partial charge is 0.123 e. The Bertz CT molecular complexity index is 671. The highest BCUT2D eigenvalue weighted by atomic mass is 16.3. The maximum Gasteiger partial charge on any atom is 0.123 e. The molecule has 0 fully saturated rings. The zero-order chi connectivity index (χ0) is 17.4. The monoisotopic (exact) mass is 312 g/mol. The van der Waals surface area contributed by atoms with Gasteiger partial charge in [0.05, 0.1) is 11.4 Å². The molecule has 0 atom stereocenters. The van der Waals surface area contributed by atoms with Gasteiger partial charge in [0.15, 0.2) is 0 Å². The van der Waals surface area contributed by atoms with E-state index in [1.807, 2.05) is 36.4 Å². The number of hydrogen-bond donors (Lipinski definition) is 3. The van der Waals surface area contributed by atoms with Crippen LogP contribution in [-0.4, -0.2) is 5.11 Å². The van der Waals surface area contributed by atoms with E-state index >= 15 is 0 Å². The molecule has 0 radical (unpaired) electrons. The van der Waals surface area contributed by atoms with E-state index in [1.165, 1.54) is 0 Å². The summed E-state index contributed by atoms with van der Waals surface area (Å²) in [6.07, 6.45) is 0. The second-order valence-electron chi connectivity index (χ2n) is 8.13. The largest absolute Gasteiger partial charge is 0.507 e. The van der Waals surface area contributed by atoms with E-state index in [0.717, 1.165) is 22.5 Å². The lowest BCUT2D eigenvalue weighted by Crippen LogP contribution is -2.17. The van der Waals surface area contributed by atoms with Gasteiger partial charge in [-0.25, -0.2) is 0 Å². The summed E-state index contributed by atoms with van der Waals surface area (Å²) in [5.41, 5.74) is 10.1. The maximum atomic E-state index is 10.8. The van der Waals surface area contributed by atoms with Crippen LogP contribution >= 0.6 is 0 Å². The van der Waals surface area contributed by atoms with Crippen LogP contribution < -0.4 is 11.1 Å². The fraction of sp³-hybridized carbons (Fsp3) is 0.400. The lowest BCUT2D eigenvalue weighted by atomic mass is 9.79. The van der Waals surface area contributed by atoms with E-state index in [0.29, 0.717) is 11.4 Å². The predicted molar refractivity (Wildman–Crippen MR) is 99.6 cm³/mol. The number of benzene rings is 2. The molecule has 3 nitrogen and oxygen atoms in total. The second-order valence-corrected chi connectivity index (χ2v) is 8.13. The Hall–Kier alpha value is -2.16. The summed E-state index contributed by atoms with van der Waals surface area (Å²) in [6, 6.07) is 11.7. The van der Waals surface area contributed by atoms with Gasteiger partial charge in [-0.1, -0.05) is 53.7 Å². The van der Waals surface area contributed by atoms with Gasteiger partial charge in [-0.3, -0.25) is 0 Å². The summed E-state index contributed by atoms with van der Waals surface area (Å²) in [7, 11) is 0. The lowest BCUT2D eigenvalue weighted by molar-refractivity contribution is 0.423. The molecule has 3 heteroatoms. The van der Waals surface area contributed by atoms with Gasteiger partial charge in [-0.15, -0.1) is 0 Å². The number of nitrogens with one attached hydrogen (secondary N) is 1. The molecule has 0 aliphatic heterocycles. The zero-order valence-corrected chi connectivity index (χ0v) is 15.0. The van der Waals surface area contributed by atoms with Crippen LogP contribution in [0.2, 0.25) is 0 Å². The maximum absolute atomic E-state index is 10.8. The van der Waals surface area contributed by atoms with Crippen molar-refractivity contribution in [2.75, 3.05) is 11.1 Å². The third kappa shape index (κ3) is 3.79. The normalized spacial score (nSPS) is 12.3. The molecule has 0 spiro atoms. The first kappa shape index (κ1) is 17.2. The van der Waals surface area contributed by atoms with Crippen LogP contribution in [0.3, 0.4) is 0 Å². The van der Waals surface area contributed by atoms with E-state index in [9.17, 15) is 5.11 Å². The summed E-state index contributed by atoms with van der Waals surface area (Å²) in [4.78, 5) is 0. The molecule has 0 saturated heterocycles. The number of phenolic OH excluding ortho intramolecular Hbond substituents is 1. The SMILES string of the molecule is CC(C)(C)c1cc(Nc2ccccc2N)cc(C(C)(C)C)c1O. The molecule has 0 heterocycles. The van der Waals surface area contributed by atoms with Crippen molar-refractivity contribution in [3.63, 3.8) is 0 Å². The van der Waals surface area contributed by atoms with Crippen molar-refractivity contribution in [1.29, 1.82) is 0 Å². The third-order valence-corrected chi connectivity index (χ3v) is 3.97. The van der Waals surface area contributed by atoms with Gasteiger partial charge in [-0.2, -0.15) is 0 Å². The van der Waals surface area contributed by atoms with Gasteiger partial charge in [0.25, 0.3) is 0 Å². The molecular weight excluding hydrogens is 284 g/mol. The van der Waals surface area contributed by atoms with Crippen LogP contribution in [0.5, 0.6) is 5.75 Å². The fourth-order valence-electron chi connectivity index (χ4n) is 2.62. The van der Waals surface area contributed by atoms with Gasteiger partial charge in [0.2, 0.25) is 0 Å². The number of nitrogens with two attached hydrogens (primary N) is 1. The molecule has 0 aliphatic carbocycles. The molecule has 23 heavy (non-hydrogen) atoms. The molecule has 0 saturated carbocycles. The van der Waals surface area contributed by atoms with Crippen LogP contribution in [0.4, 0.5) is 17.1 Å². The van der Waals surface area contributed by atoms with E-state index in [-0.39, 0.29) is 10.8 Å². The third-order valence-electron chi connectivity index (χ3n) is 3.97. The number of aromatic hydroxyl groups is 1. The van der Waals surface area contributed by atoms with Gasteiger partial charge in [0, 0.05) is 16.8 Å². The van der Waals surface area contributed by atoms with E-state index in [4.69, 9.17) is 5.73 Å². The number of para-hydroxylation sites is 2. The Balaban J connectivity index is 2.59. The van der Waals surface area contributed by atoms with E-state index in [1.54, 1.807) is 0 Å². The van der Waals surface area contributed by atoms with E-state index in [2.05, 4.69) is 46.9 Å². The van der Waals surface area contributed by atoms with Crippen LogP contribution in [0.25, 0.3) is 0 Å². The van der Waals surface area contributed by atoms with Crippen LogP contribution in [0.15, 0.2) is 36.4 Å². The molecular formula is C20H28N2O. The zero-order valence-electron chi connectivity index (χ0n) is 15.0. The first-order valence-corrected chi connectivity index (χ1v) is 7.99. The molecule has 2 rings (SSSR count). The highest BCUT2D eigenvalue weighted by molar-refractivity contribution is 5.74. The average molecular weight is 312 g/mol. The van der Waals surface area contributed by atoms with Gasteiger partial charge in [0.1, 0.15) is 5.75 Å². The first-order valence-electron chi connectivity index (χ1n) is 7.99. The van der Waals surface area contributed by atoms with Gasteiger partial charge < -0.3 is 16.2 Å². The average Bonchev–Trinajstić information content (AvgIpc) is 2.40. The summed E-state index contributed by atoms with van der Waals surface area (Å²) < 4.78 is 0. The molecule has 0 unspecified atom stereocenters. The van der Waals surface area contributed by atoms with Gasteiger partial charge >= 0.3 is 0 Å². The highest BCUT2D eigenvalue weighted by Gasteiger charge is 2.26. The van der Waals surface area contributed by atoms with Crippen molar-refractivity contribution in [2.45, 2.75) is 52.4 Å². The minimum atomic E-state index is -0.149. The van der Waals surface area contributed by atoms with Crippen molar-refractivity contribution >= 4 is 17.1 Å². The van der Waals surface area contributed by atoms with Crippen molar-refractivity contribution in [1.82, 2.24) is 0 Å². The molecule has 124 valence electrons. The summed E-state index contributed by atoms with van der Waals surface area (Å²) >= 11 is 0. The van der Waals surface area contributed by atoms with Crippen molar-refractivity contribution in [3.05, 3.63) is 47.5 Å². The molecule has 2 aromatic rings. The standard InChI is InChI=1S/C20H28N2O/c1-19(2,3)14-11-13(12-15(18(14)23)20(4,5)6)22-17-10-8-7-9-16(17)21/h7-12,22-23H,21H2,1-6H3. The number of rotatable bonds is 2. The van der Waals surface area contributed by atoms with Crippen LogP contribution in [-0.2, 0) is 10.8 Å². The van der Waals surface area contributed by atoms with Crippen LogP contribution in [0.1, 0.15) is 52.7 Å². The molecule has 0 aliphatic rings. The molecule has 0 bridgehead atoms. The van der Waals surface area contributed by atoms with Crippen LogP contribution in [0, 0.1) is 0 Å². The Morgan fingerprint density at radius 1 is 0.870 bits per heavy atom. The summed E-state index contributed by atoms with van der Waals surface area (Å²) in [5, 5.41) is 14.1. The summed E-state index contributed by atoms with van der Waals surface area (Å²) in [5.74, 6) is 0.386. The Labute approximate surface area is 139 Å². The second kappa shape index (κ2) is 5.80. The molecule has 4 N–H and O–H groups in total. The quantitative estimate of drug-likeness (QED) is 0.520. The predicted octanol–water partition coefficient (Wildman–Crippen LogP) is 5.31. The highest BCUT2D eigenvalue weighted by Crippen LogP contribution is 2.41. The van der Waals surface area contributed by atoms with Crippen molar-refractivity contribution < 1.29 is 5.11 Å². The fourth-order valence-corrected chi connectivity index (χ4v) is 2.62. The number of hydrogen-bond acceptors (Lipinski definition) is 3. The van der Waals surface area contributed by atoms with E-state index < -0.39 is 0 Å². The Morgan fingerprint density at radius 2 is 1.35 bits per heavy atom. The molecule has 0 aromatic heterocycles. The Morgan fingerprint density at radius 3 is 1.78 bits per heavy atom. The minimum Gasteiger partial charge on any atom is -0.507 e.